The van der Waals surface area contributed by atoms with Crippen LogP contribution in [0.2, 0.25) is 0 Å². The highest BCUT2D eigenvalue weighted by Gasteiger charge is 2.27. The van der Waals surface area contributed by atoms with Gasteiger partial charge in [-0.2, -0.15) is 0 Å². The molecular weight excluding hydrogens is 212 g/mol. The fourth-order valence-corrected chi connectivity index (χ4v) is 2.37. The van der Waals surface area contributed by atoms with Crippen LogP contribution in [0.4, 0.5) is 0 Å². The number of nitrogens with one attached hydrogen (secondary N) is 1. The van der Waals surface area contributed by atoms with Gasteiger partial charge in [0.1, 0.15) is 0 Å². The third kappa shape index (κ3) is 2.56. The van der Waals surface area contributed by atoms with Gasteiger partial charge in [-0.25, -0.2) is 0 Å². The molecule has 0 radical (unpaired) electrons. The Kier molecular flexibility index (Phi) is 3.60. The maximum atomic E-state index is 12.5. The fraction of sp³-hybridized carbons (Fsp3) is 0.500. The number of hydrogen-bond donors (Lipinski definition) is 1. The number of aryl methyl sites for hydroxylation is 2. The van der Waals surface area contributed by atoms with Crippen molar-refractivity contribution in [2.75, 3.05) is 26.7 Å². The standard InChI is InChI=1S/C14H20N2O/c1-10-4-5-12(11(2)8-10)14(17)13-9-15-6-7-16(13)3/h4-5,8,13,15H,6-7,9H2,1-3H3. The maximum absolute atomic E-state index is 12.5. The lowest BCUT2D eigenvalue weighted by molar-refractivity contribution is 0.0818. The van der Waals surface area contributed by atoms with Gasteiger partial charge in [0.15, 0.2) is 5.78 Å². The second-order valence-electron chi connectivity index (χ2n) is 4.88. The summed E-state index contributed by atoms with van der Waals surface area (Å²) in [6.45, 7) is 6.71. The van der Waals surface area contributed by atoms with Crippen molar-refractivity contribution >= 4 is 5.78 Å². The number of nitrogens with zero attached hydrogens (tertiary/aromatic N) is 1. The van der Waals surface area contributed by atoms with Gasteiger partial charge in [-0.3, -0.25) is 9.69 Å². The van der Waals surface area contributed by atoms with E-state index in [9.17, 15) is 4.79 Å². The highest BCUT2D eigenvalue weighted by Crippen LogP contribution is 2.15. The van der Waals surface area contributed by atoms with Crippen LogP contribution in [0.3, 0.4) is 0 Å². The molecule has 1 fully saturated rings. The molecule has 92 valence electrons. The van der Waals surface area contributed by atoms with E-state index in [0.717, 1.165) is 30.8 Å². The molecule has 3 heteroatoms. The molecule has 1 aliphatic heterocycles. The van der Waals surface area contributed by atoms with Crippen LogP contribution >= 0.6 is 0 Å². The molecule has 0 amide bonds. The zero-order valence-corrected chi connectivity index (χ0v) is 10.8. The summed E-state index contributed by atoms with van der Waals surface area (Å²) in [5.74, 6) is 0.234. The van der Waals surface area contributed by atoms with Gasteiger partial charge in [-0.05, 0) is 26.5 Å². The fourth-order valence-electron chi connectivity index (χ4n) is 2.37. The smallest absolute Gasteiger partial charge is 0.181 e. The average molecular weight is 232 g/mol. The highest BCUT2D eigenvalue weighted by molar-refractivity contribution is 6.01. The molecule has 1 unspecified atom stereocenters. The third-order valence-electron chi connectivity index (χ3n) is 3.46. The van der Waals surface area contributed by atoms with Crippen molar-refractivity contribution < 1.29 is 4.79 Å². The zero-order chi connectivity index (χ0) is 12.4. The molecule has 1 atom stereocenters. The van der Waals surface area contributed by atoms with E-state index in [0.29, 0.717) is 0 Å². The Bertz CT molecular complexity index is 428. The molecule has 0 saturated carbocycles. The minimum atomic E-state index is -0.0230. The normalized spacial score (nSPS) is 21.5. The van der Waals surface area contributed by atoms with E-state index in [2.05, 4.69) is 23.2 Å². The molecule has 1 saturated heterocycles. The van der Waals surface area contributed by atoms with Crippen LogP contribution in [0.25, 0.3) is 0 Å². The van der Waals surface area contributed by atoms with Crippen molar-refractivity contribution in [1.29, 1.82) is 0 Å². The van der Waals surface area contributed by atoms with Crippen molar-refractivity contribution in [3.8, 4) is 0 Å². The minimum absolute atomic E-state index is 0.0230. The van der Waals surface area contributed by atoms with Gasteiger partial charge in [0.05, 0.1) is 6.04 Å². The highest BCUT2D eigenvalue weighted by atomic mass is 16.1. The number of benzene rings is 1. The number of piperazine rings is 1. The van der Waals surface area contributed by atoms with Crippen molar-refractivity contribution in [3.05, 3.63) is 34.9 Å². The van der Waals surface area contributed by atoms with Gasteiger partial charge in [-0.1, -0.05) is 23.8 Å². The summed E-state index contributed by atoms with van der Waals surface area (Å²) in [6, 6.07) is 6.01. The Hall–Kier alpha value is -1.19. The van der Waals surface area contributed by atoms with E-state index in [-0.39, 0.29) is 11.8 Å². The monoisotopic (exact) mass is 232 g/mol. The van der Waals surface area contributed by atoms with Gasteiger partial charge in [0.2, 0.25) is 0 Å². The van der Waals surface area contributed by atoms with Crippen molar-refractivity contribution in [3.63, 3.8) is 0 Å². The quantitative estimate of drug-likeness (QED) is 0.782. The van der Waals surface area contributed by atoms with Gasteiger partial charge in [0.25, 0.3) is 0 Å². The number of likely N-dealkylation sites (N-methyl/N-ethyl adjacent to an activating group) is 1. The topological polar surface area (TPSA) is 32.3 Å². The predicted octanol–water partition coefficient (Wildman–Crippen LogP) is 1.39. The summed E-state index contributed by atoms with van der Waals surface area (Å²) < 4.78 is 0. The molecule has 1 aromatic carbocycles. The Balaban J connectivity index is 2.24. The lowest BCUT2D eigenvalue weighted by Crippen LogP contribution is -2.53. The molecular formula is C14H20N2O. The van der Waals surface area contributed by atoms with Gasteiger partial charge >= 0.3 is 0 Å². The van der Waals surface area contributed by atoms with Crippen LogP contribution < -0.4 is 5.32 Å². The number of Topliss-reactive ketones (excluding diaryl/α,β-unsaturated/α-hetero) is 1. The van der Waals surface area contributed by atoms with E-state index in [1.165, 1.54) is 5.56 Å². The Morgan fingerprint density at radius 3 is 2.82 bits per heavy atom. The molecule has 0 spiro atoms. The van der Waals surface area contributed by atoms with Crippen LogP contribution in [0.15, 0.2) is 18.2 Å². The summed E-state index contributed by atoms with van der Waals surface area (Å²) >= 11 is 0. The first-order chi connectivity index (χ1) is 8.09. The van der Waals surface area contributed by atoms with Crippen LogP contribution in [0, 0.1) is 13.8 Å². The molecule has 2 rings (SSSR count). The maximum Gasteiger partial charge on any atom is 0.181 e. The summed E-state index contributed by atoms with van der Waals surface area (Å²) in [7, 11) is 2.02. The number of hydrogen-bond acceptors (Lipinski definition) is 3. The molecule has 1 aliphatic rings. The molecule has 1 aromatic rings. The molecule has 17 heavy (non-hydrogen) atoms. The van der Waals surface area contributed by atoms with Crippen molar-refractivity contribution in [2.24, 2.45) is 0 Å². The molecule has 1 N–H and O–H groups in total. The van der Waals surface area contributed by atoms with Crippen molar-refractivity contribution in [1.82, 2.24) is 10.2 Å². The van der Waals surface area contributed by atoms with Gasteiger partial charge in [0, 0.05) is 25.2 Å². The van der Waals surface area contributed by atoms with E-state index >= 15 is 0 Å². The Morgan fingerprint density at radius 1 is 1.41 bits per heavy atom. The molecule has 0 aliphatic carbocycles. The van der Waals surface area contributed by atoms with Crippen LogP contribution in [-0.4, -0.2) is 43.4 Å². The lowest BCUT2D eigenvalue weighted by Gasteiger charge is -2.32. The Morgan fingerprint density at radius 2 is 2.18 bits per heavy atom. The molecule has 0 aromatic heterocycles. The molecule has 3 nitrogen and oxygen atoms in total. The summed E-state index contributed by atoms with van der Waals surface area (Å²) in [6.07, 6.45) is 0. The lowest BCUT2D eigenvalue weighted by atomic mass is 9.96. The summed E-state index contributed by atoms with van der Waals surface area (Å²) in [4.78, 5) is 14.6. The third-order valence-corrected chi connectivity index (χ3v) is 3.46. The Labute approximate surface area is 103 Å². The number of carbonyl (C=O) groups excluding carboxylic acids is 1. The zero-order valence-electron chi connectivity index (χ0n) is 10.8. The minimum Gasteiger partial charge on any atom is -0.313 e. The first kappa shape index (κ1) is 12.3. The van der Waals surface area contributed by atoms with Gasteiger partial charge < -0.3 is 5.32 Å². The van der Waals surface area contributed by atoms with E-state index in [1.807, 2.05) is 26.1 Å². The van der Waals surface area contributed by atoms with Crippen LogP contribution in [0.1, 0.15) is 21.5 Å². The second-order valence-corrected chi connectivity index (χ2v) is 4.88. The largest absolute Gasteiger partial charge is 0.313 e. The van der Waals surface area contributed by atoms with E-state index < -0.39 is 0 Å². The number of ketones is 1. The molecule has 1 heterocycles. The second kappa shape index (κ2) is 4.98. The summed E-state index contributed by atoms with van der Waals surface area (Å²) in [5.41, 5.74) is 3.14. The van der Waals surface area contributed by atoms with Crippen LogP contribution in [-0.2, 0) is 0 Å². The average Bonchev–Trinajstić information content (AvgIpc) is 2.29. The molecule has 0 bridgehead atoms. The first-order valence-corrected chi connectivity index (χ1v) is 6.12. The van der Waals surface area contributed by atoms with E-state index in [1.54, 1.807) is 0 Å². The number of carbonyl (C=O) groups is 1. The van der Waals surface area contributed by atoms with Gasteiger partial charge in [-0.15, -0.1) is 0 Å². The SMILES string of the molecule is Cc1ccc(C(=O)C2CNCCN2C)c(C)c1. The van der Waals surface area contributed by atoms with E-state index in [4.69, 9.17) is 0 Å². The summed E-state index contributed by atoms with van der Waals surface area (Å²) in [5, 5.41) is 3.28. The number of rotatable bonds is 2. The van der Waals surface area contributed by atoms with Crippen molar-refractivity contribution in [2.45, 2.75) is 19.9 Å². The predicted molar refractivity (Wildman–Crippen MR) is 69.5 cm³/mol. The van der Waals surface area contributed by atoms with Crippen LogP contribution in [0.5, 0.6) is 0 Å². The first-order valence-electron chi connectivity index (χ1n) is 6.12.